The van der Waals surface area contributed by atoms with E-state index < -0.39 is 6.16 Å². The Labute approximate surface area is 163 Å². The normalized spacial score (nSPS) is 45.5. The molecule has 0 radical (unpaired) electrons. The minimum atomic E-state index is -0.511. The smallest absolute Gasteiger partial charge is 0.462 e. The lowest BCUT2D eigenvalue weighted by molar-refractivity contribution is -0.161. The molecule has 0 amide bonds. The predicted molar refractivity (Wildman–Crippen MR) is 102 cm³/mol. The fourth-order valence-electron chi connectivity index (χ4n) is 6.80. The number of ether oxygens (including phenoxy) is 3. The largest absolute Gasteiger partial charge is 0.508 e. The quantitative estimate of drug-likeness (QED) is 0.601. The highest BCUT2D eigenvalue weighted by Crippen LogP contribution is 2.64. The van der Waals surface area contributed by atoms with Gasteiger partial charge in [0.2, 0.25) is 0 Å². The molecular weight excluding hydrogens is 344 g/mol. The van der Waals surface area contributed by atoms with E-state index in [-0.39, 0.29) is 22.9 Å². The number of hydrogen-bond donors (Lipinski definition) is 0. The van der Waals surface area contributed by atoms with Crippen LogP contribution in [-0.4, -0.2) is 31.4 Å². The van der Waals surface area contributed by atoms with E-state index in [2.05, 4.69) is 13.8 Å². The van der Waals surface area contributed by atoms with Crippen LogP contribution in [0, 0.1) is 34.5 Å². The standard InChI is InChI=1S/C20H30O5.C2H6/c1-12(21)25-17-7-6-15-14-5-4-13-10-23-18(22)24-11-20(13,3)16(14)8-9-19(15,17)2;1-2/h13-17H,4-11H2,1-3H3;1-2H3. The number of hydrogen-bond acceptors (Lipinski definition) is 5. The van der Waals surface area contributed by atoms with Gasteiger partial charge in [-0.1, -0.05) is 27.7 Å². The van der Waals surface area contributed by atoms with E-state index >= 15 is 0 Å². The van der Waals surface area contributed by atoms with Crippen molar-refractivity contribution in [1.82, 2.24) is 0 Å². The van der Waals surface area contributed by atoms with E-state index in [0.29, 0.717) is 36.9 Å². The molecule has 4 aliphatic rings. The number of carbonyl (C=O) groups excluding carboxylic acids is 2. The Balaban J connectivity index is 0.00000102. The minimum absolute atomic E-state index is 0.00985. The van der Waals surface area contributed by atoms with Crippen LogP contribution in [0.5, 0.6) is 0 Å². The van der Waals surface area contributed by atoms with Gasteiger partial charge in [0.25, 0.3) is 0 Å². The second-order valence-electron chi connectivity index (χ2n) is 9.23. The Bertz CT molecular complexity index is 575. The fraction of sp³-hybridized carbons (Fsp3) is 0.909. The molecule has 7 atom stereocenters. The number of carbonyl (C=O) groups is 2. The molecule has 0 bridgehead atoms. The summed E-state index contributed by atoms with van der Waals surface area (Å²) in [4.78, 5) is 23.1. The van der Waals surface area contributed by atoms with Crippen molar-refractivity contribution in [3.8, 4) is 0 Å². The average Bonchev–Trinajstić information content (AvgIpc) is 2.88. The van der Waals surface area contributed by atoms with Gasteiger partial charge in [-0.05, 0) is 56.3 Å². The van der Waals surface area contributed by atoms with Crippen molar-refractivity contribution in [1.29, 1.82) is 0 Å². The summed E-state index contributed by atoms with van der Waals surface area (Å²) in [5.74, 6) is 2.05. The molecule has 1 aliphatic heterocycles. The molecule has 154 valence electrons. The van der Waals surface area contributed by atoms with Crippen molar-refractivity contribution in [2.45, 2.75) is 79.2 Å². The van der Waals surface area contributed by atoms with Gasteiger partial charge in [0.05, 0.1) is 6.61 Å². The number of esters is 1. The van der Waals surface area contributed by atoms with Crippen molar-refractivity contribution in [2.24, 2.45) is 34.5 Å². The maximum absolute atomic E-state index is 11.6. The summed E-state index contributed by atoms with van der Waals surface area (Å²) in [6, 6.07) is 0. The summed E-state index contributed by atoms with van der Waals surface area (Å²) >= 11 is 0. The lowest BCUT2D eigenvalue weighted by Crippen LogP contribution is -2.54. The summed E-state index contributed by atoms with van der Waals surface area (Å²) in [7, 11) is 0. The molecule has 4 rings (SSSR count). The van der Waals surface area contributed by atoms with Crippen LogP contribution < -0.4 is 0 Å². The van der Waals surface area contributed by atoms with Crippen LogP contribution in [0.1, 0.15) is 73.1 Å². The molecule has 0 aromatic heterocycles. The van der Waals surface area contributed by atoms with Crippen LogP contribution in [0.2, 0.25) is 0 Å². The maximum Gasteiger partial charge on any atom is 0.508 e. The predicted octanol–water partition coefficient (Wildman–Crippen LogP) is 4.97. The van der Waals surface area contributed by atoms with Gasteiger partial charge in [-0.2, -0.15) is 0 Å². The topological polar surface area (TPSA) is 61.8 Å². The zero-order valence-corrected chi connectivity index (χ0v) is 17.6. The number of cyclic esters (lactones) is 2. The van der Waals surface area contributed by atoms with Crippen molar-refractivity contribution in [2.75, 3.05) is 13.2 Å². The van der Waals surface area contributed by atoms with E-state index in [1.807, 2.05) is 13.8 Å². The first-order chi connectivity index (χ1) is 12.8. The second kappa shape index (κ2) is 7.63. The third-order valence-electron chi connectivity index (χ3n) is 8.19. The lowest BCUT2D eigenvalue weighted by atomic mass is 9.48. The van der Waals surface area contributed by atoms with Crippen LogP contribution in [0.25, 0.3) is 0 Å². The average molecular weight is 381 g/mol. The van der Waals surface area contributed by atoms with Crippen LogP contribution in [0.3, 0.4) is 0 Å². The van der Waals surface area contributed by atoms with E-state index in [9.17, 15) is 9.59 Å². The van der Waals surface area contributed by atoms with Gasteiger partial charge in [-0.3, -0.25) is 4.79 Å². The molecule has 1 heterocycles. The first kappa shape index (κ1) is 20.5. The molecular formula is C22H36O5. The molecule has 0 aromatic carbocycles. The van der Waals surface area contributed by atoms with Crippen LogP contribution >= 0.6 is 0 Å². The summed E-state index contributed by atoms with van der Waals surface area (Å²) in [5.41, 5.74) is 0.115. The molecule has 4 fully saturated rings. The second-order valence-corrected chi connectivity index (χ2v) is 9.23. The molecule has 3 aliphatic carbocycles. The lowest BCUT2D eigenvalue weighted by Gasteiger charge is -2.57. The highest BCUT2D eigenvalue weighted by atomic mass is 16.7. The monoisotopic (exact) mass is 380 g/mol. The van der Waals surface area contributed by atoms with Crippen molar-refractivity contribution >= 4 is 12.1 Å². The fourth-order valence-corrected chi connectivity index (χ4v) is 6.80. The SMILES string of the molecule is CC.CC(=O)OC1CCC2C3CCC4COC(=O)OCC4(C)C3CCC12C. The summed E-state index contributed by atoms with van der Waals surface area (Å²) in [6.45, 7) is 11.1. The Kier molecular flexibility index (Phi) is 5.79. The Morgan fingerprint density at radius 2 is 1.70 bits per heavy atom. The zero-order chi connectivity index (χ0) is 19.8. The highest BCUT2D eigenvalue weighted by Gasteiger charge is 2.61. The molecule has 27 heavy (non-hydrogen) atoms. The Morgan fingerprint density at radius 1 is 1.00 bits per heavy atom. The summed E-state index contributed by atoms with van der Waals surface area (Å²) in [5, 5.41) is 0. The third kappa shape index (κ3) is 3.36. The van der Waals surface area contributed by atoms with Crippen molar-refractivity contribution in [3.63, 3.8) is 0 Å². The van der Waals surface area contributed by atoms with Gasteiger partial charge >= 0.3 is 12.1 Å². The van der Waals surface area contributed by atoms with E-state index in [0.717, 1.165) is 32.1 Å². The third-order valence-corrected chi connectivity index (χ3v) is 8.19. The molecule has 7 unspecified atom stereocenters. The first-order valence-corrected chi connectivity index (χ1v) is 10.8. The Morgan fingerprint density at radius 3 is 2.41 bits per heavy atom. The van der Waals surface area contributed by atoms with Gasteiger partial charge in [0.15, 0.2) is 0 Å². The summed E-state index contributed by atoms with van der Waals surface area (Å²) < 4.78 is 16.4. The van der Waals surface area contributed by atoms with Gasteiger partial charge in [-0.25, -0.2) is 4.79 Å². The molecule has 0 spiro atoms. The van der Waals surface area contributed by atoms with Gasteiger partial charge in [0, 0.05) is 23.7 Å². The minimum Gasteiger partial charge on any atom is -0.462 e. The van der Waals surface area contributed by atoms with Crippen molar-refractivity contribution in [3.05, 3.63) is 0 Å². The summed E-state index contributed by atoms with van der Waals surface area (Å²) in [6.07, 6.45) is 6.19. The number of fused-ring (bicyclic) bond motifs is 5. The van der Waals surface area contributed by atoms with E-state index in [1.54, 1.807) is 0 Å². The highest BCUT2D eigenvalue weighted by molar-refractivity contribution is 5.66. The van der Waals surface area contributed by atoms with Crippen molar-refractivity contribution < 1.29 is 23.8 Å². The molecule has 5 heteroatoms. The molecule has 0 aromatic rings. The first-order valence-electron chi connectivity index (χ1n) is 10.8. The van der Waals surface area contributed by atoms with Gasteiger partial charge in [0.1, 0.15) is 12.7 Å². The molecule has 1 saturated heterocycles. The molecule has 0 N–H and O–H groups in total. The maximum atomic E-state index is 11.6. The van der Waals surface area contributed by atoms with Gasteiger partial charge in [-0.15, -0.1) is 0 Å². The van der Waals surface area contributed by atoms with Crippen LogP contribution in [-0.2, 0) is 19.0 Å². The van der Waals surface area contributed by atoms with Crippen LogP contribution in [0.15, 0.2) is 0 Å². The molecule has 5 nitrogen and oxygen atoms in total. The van der Waals surface area contributed by atoms with Gasteiger partial charge < -0.3 is 14.2 Å². The number of rotatable bonds is 1. The van der Waals surface area contributed by atoms with E-state index in [4.69, 9.17) is 14.2 Å². The molecule has 3 saturated carbocycles. The van der Waals surface area contributed by atoms with Crippen LogP contribution in [0.4, 0.5) is 4.79 Å². The van der Waals surface area contributed by atoms with E-state index in [1.165, 1.54) is 13.3 Å². The Hall–Kier alpha value is -1.26. The zero-order valence-electron chi connectivity index (χ0n) is 17.6.